The van der Waals surface area contributed by atoms with Gasteiger partial charge in [-0.05, 0) is 40.0 Å². The molecule has 0 aromatic carbocycles. The fraction of sp³-hybridized carbons (Fsp3) is 0.923. The lowest BCUT2D eigenvalue weighted by atomic mass is 9.92. The number of alkyl carbamates (subject to hydrolysis) is 1. The quantitative estimate of drug-likeness (QED) is 0.818. The first-order valence-electron chi connectivity index (χ1n) is 6.94. The fourth-order valence-corrected chi connectivity index (χ4v) is 3.99. The molecule has 0 saturated heterocycles. The second-order valence-electron chi connectivity index (χ2n) is 6.21. The van der Waals surface area contributed by atoms with E-state index in [0.717, 1.165) is 0 Å². The van der Waals surface area contributed by atoms with Crippen LogP contribution in [0.4, 0.5) is 4.79 Å². The number of nitrogens with one attached hydrogen (secondary N) is 1. The molecule has 0 aromatic heterocycles. The van der Waals surface area contributed by atoms with Crippen LogP contribution in [0.5, 0.6) is 0 Å². The number of sulfone groups is 1. The van der Waals surface area contributed by atoms with E-state index in [1.807, 2.05) is 0 Å². The minimum absolute atomic E-state index is 0.00309. The van der Waals surface area contributed by atoms with Crippen LogP contribution in [0.2, 0.25) is 0 Å². The lowest BCUT2D eigenvalue weighted by Crippen LogP contribution is -2.52. The summed E-state index contributed by atoms with van der Waals surface area (Å²) in [5.74, 6) is -0.00309. The molecule has 0 spiro atoms. The van der Waals surface area contributed by atoms with Crippen molar-refractivity contribution in [3.63, 3.8) is 0 Å². The summed E-state index contributed by atoms with van der Waals surface area (Å²) in [6.45, 7) is 6.81. The molecule has 1 fully saturated rings. The van der Waals surface area contributed by atoms with E-state index in [9.17, 15) is 18.3 Å². The zero-order valence-corrected chi connectivity index (χ0v) is 13.4. The number of hydrogen-bond acceptors (Lipinski definition) is 5. The van der Waals surface area contributed by atoms with Gasteiger partial charge in [-0.25, -0.2) is 13.2 Å². The molecule has 2 N–H and O–H groups in total. The Bertz CT molecular complexity index is 440. The Morgan fingerprint density at radius 1 is 1.35 bits per heavy atom. The van der Waals surface area contributed by atoms with E-state index in [4.69, 9.17) is 4.74 Å². The molecule has 1 saturated carbocycles. The van der Waals surface area contributed by atoms with Gasteiger partial charge in [-0.1, -0.05) is 6.92 Å². The van der Waals surface area contributed by atoms with Gasteiger partial charge in [-0.3, -0.25) is 0 Å². The maximum atomic E-state index is 12.1. The van der Waals surface area contributed by atoms with Crippen molar-refractivity contribution < 1.29 is 23.1 Å². The summed E-state index contributed by atoms with van der Waals surface area (Å²) in [6, 6.07) is -0.502. The minimum Gasteiger partial charge on any atom is -0.444 e. The Morgan fingerprint density at radius 3 is 2.45 bits per heavy atom. The van der Waals surface area contributed by atoms with E-state index in [2.05, 4.69) is 5.32 Å². The molecule has 1 rings (SSSR count). The number of carbonyl (C=O) groups is 1. The third-order valence-corrected chi connectivity index (χ3v) is 5.58. The van der Waals surface area contributed by atoms with Crippen molar-refractivity contribution in [3.8, 4) is 0 Å². The molecular formula is C13H25NO5S. The normalized spacial score (nSPS) is 27.9. The number of amides is 1. The summed E-state index contributed by atoms with van der Waals surface area (Å²) in [5, 5.41) is 11.6. The molecule has 1 aliphatic rings. The predicted octanol–water partition coefficient (Wildman–Crippen LogP) is 1.23. The molecule has 0 radical (unpaired) electrons. The third kappa shape index (κ3) is 4.94. The van der Waals surface area contributed by atoms with Gasteiger partial charge >= 0.3 is 6.09 Å². The number of ether oxygens (including phenoxy) is 1. The summed E-state index contributed by atoms with van der Waals surface area (Å²) < 4.78 is 29.3. The van der Waals surface area contributed by atoms with E-state index < -0.39 is 38.9 Å². The summed E-state index contributed by atoms with van der Waals surface area (Å²) >= 11 is 0. The zero-order chi connectivity index (χ0) is 15.6. The molecule has 6 nitrogen and oxygen atoms in total. The molecule has 0 aromatic rings. The molecule has 0 heterocycles. The molecule has 1 aliphatic carbocycles. The Kier molecular flexibility index (Phi) is 5.43. The average molecular weight is 307 g/mol. The van der Waals surface area contributed by atoms with E-state index in [0.29, 0.717) is 12.8 Å². The molecule has 3 unspecified atom stereocenters. The lowest BCUT2D eigenvalue weighted by Gasteiger charge is -2.34. The second kappa shape index (κ2) is 6.30. The number of aliphatic hydroxyl groups excluding tert-OH is 1. The first kappa shape index (κ1) is 17.2. The average Bonchev–Trinajstić information content (AvgIpc) is 2.29. The summed E-state index contributed by atoms with van der Waals surface area (Å²) in [6.07, 6.45) is -0.162. The Balaban J connectivity index is 2.78. The van der Waals surface area contributed by atoms with Gasteiger partial charge < -0.3 is 15.2 Å². The highest BCUT2D eigenvalue weighted by molar-refractivity contribution is 7.92. The van der Waals surface area contributed by atoms with Crippen LogP contribution in [0.3, 0.4) is 0 Å². The van der Waals surface area contributed by atoms with Crippen LogP contribution in [0.1, 0.15) is 47.0 Å². The Labute approximate surface area is 120 Å². The lowest BCUT2D eigenvalue weighted by molar-refractivity contribution is 0.0464. The zero-order valence-electron chi connectivity index (χ0n) is 12.5. The molecule has 118 valence electrons. The SMILES string of the molecule is CCS(=O)(=O)C1CC(O)CCC1NC(=O)OC(C)(C)C. The minimum atomic E-state index is -3.32. The fourth-order valence-electron chi connectivity index (χ4n) is 2.34. The summed E-state index contributed by atoms with van der Waals surface area (Å²) in [4.78, 5) is 11.8. The van der Waals surface area contributed by atoms with Crippen molar-refractivity contribution >= 4 is 15.9 Å². The van der Waals surface area contributed by atoms with E-state index >= 15 is 0 Å². The second-order valence-corrected chi connectivity index (χ2v) is 8.72. The van der Waals surface area contributed by atoms with Gasteiger partial charge in [0.2, 0.25) is 0 Å². The van der Waals surface area contributed by atoms with Gasteiger partial charge in [0.25, 0.3) is 0 Å². The van der Waals surface area contributed by atoms with E-state index in [-0.39, 0.29) is 12.2 Å². The Hall–Kier alpha value is -0.820. The first-order chi connectivity index (χ1) is 9.05. The monoisotopic (exact) mass is 307 g/mol. The molecule has 20 heavy (non-hydrogen) atoms. The van der Waals surface area contributed by atoms with Crippen LogP contribution in [0, 0.1) is 0 Å². The van der Waals surface area contributed by atoms with Crippen molar-refractivity contribution in [2.75, 3.05) is 5.75 Å². The van der Waals surface area contributed by atoms with Crippen LogP contribution in [-0.4, -0.2) is 48.4 Å². The topological polar surface area (TPSA) is 92.7 Å². The van der Waals surface area contributed by atoms with Crippen LogP contribution in [0.15, 0.2) is 0 Å². The molecule has 3 atom stereocenters. The number of aliphatic hydroxyl groups is 1. The molecule has 0 bridgehead atoms. The van der Waals surface area contributed by atoms with Crippen LogP contribution < -0.4 is 5.32 Å². The molecular weight excluding hydrogens is 282 g/mol. The van der Waals surface area contributed by atoms with E-state index in [1.54, 1.807) is 27.7 Å². The number of hydrogen-bond donors (Lipinski definition) is 2. The van der Waals surface area contributed by atoms with Crippen molar-refractivity contribution in [3.05, 3.63) is 0 Å². The van der Waals surface area contributed by atoms with Crippen LogP contribution in [-0.2, 0) is 14.6 Å². The van der Waals surface area contributed by atoms with Crippen LogP contribution >= 0.6 is 0 Å². The van der Waals surface area contributed by atoms with Gasteiger partial charge in [-0.15, -0.1) is 0 Å². The van der Waals surface area contributed by atoms with Crippen molar-refractivity contribution in [2.45, 2.75) is 70.0 Å². The smallest absolute Gasteiger partial charge is 0.407 e. The van der Waals surface area contributed by atoms with Gasteiger partial charge in [0.1, 0.15) is 5.60 Å². The largest absolute Gasteiger partial charge is 0.444 e. The van der Waals surface area contributed by atoms with Crippen molar-refractivity contribution in [1.82, 2.24) is 5.32 Å². The highest BCUT2D eigenvalue weighted by atomic mass is 32.2. The van der Waals surface area contributed by atoms with Crippen molar-refractivity contribution in [1.29, 1.82) is 0 Å². The van der Waals surface area contributed by atoms with Crippen LogP contribution in [0.25, 0.3) is 0 Å². The predicted molar refractivity (Wildman–Crippen MR) is 76.3 cm³/mol. The number of rotatable bonds is 3. The summed E-state index contributed by atoms with van der Waals surface area (Å²) in [5.41, 5.74) is -0.628. The molecule has 1 amide bonds. The first-order valence-corrected chi connectivity index (χ1v) is 8.66. The maximum absolute atomic E-state index is 12.1. The van der Waals surface area contributed by atoms with Crippen molar-refractivity contribution in [2.24, 2.45) is 0 Å². The summed E-state index contributed by atoms with van der Waals surface area (Å²) in [7, 11) is -3.32. The third-order valence-electron chi connectivity index (χ3n) is 3.33. The standard InChI is InChI=1S/C13H25NO5S/c1-5-20(17,18)11-8-9(15)6-7-10(11)14-12(16)19-13(2,3)4/h9-11,15H,5-8H2,1-4H3,(H,14,16). The number of carbonyl (C=O) groups excluding carboxylic acids is 1. The highest BCUT2D eigenvalue weighted by Crippen LogP contribution is 2.26. The molecule has 0 aliphatic heterocycles. The van der Waals surface area contributed by atoms with E-state index in [1.165, 1.54) is 0 Å². The van der Waals surface area contributed by atoms with Gasteiger partial charge in [0.15, 0.2) is 9.84 Å². The highest BCUT2D eigenvalue weighted by Gasteiger charge is 2.39. The maximum Gasteiger partial charge on any atom is 0.407 e. The van der Waals surface area contributed by atoms with Gasteiger partial charge in [-0.2, -0.15) is 0 Å². The molecule has 7 heteroatoms. The van der Waals surface area contributed by atoms with Gasteiger partial charge in [0.05, 0.1) is 11.4 Å². The van der Waals surface area contributed by atoms with Gasteiger partial charge in [0, 0.05) is 11.8 Å². The Morgan fingerprint density at radius 2 is 1.95 bits per heavy atom.